The van der Waals surface area contributed by atoms with Crippen LogP contribution in [0.15, 0.2) is 24.3 Å². The zero-order valence-electron chi connectivity index (χ0n) is 9.90. The lowest BCUT2D eigenvalue weighted by atomic mass is 10.2. The van der Waals surface area contributed by atoms with Crippen LogP contribution in [0.3, 0.4) is 0 Å². The molecule has 0 aliphatic carbocycles. The van der Waals surface area contributed by atoms with Gasteiger partial charge in [0.15, 0.2) is 0 Å². The lowest BCUT2D eigenvalue weighted by molar-refractivity contribution is 0.245. The van der Waals surface area contributed by atoms with Crippen LogP contribution >= 0.6 is 11.8 Å². The van der Waals surface area contributed by atoms with Gasteiger partial charge in [0, 0.05) is 18.0 Å². The molecule has 0 spiro atoms. The normalized spacial score (nSPS) is 10.0. The quantitative estimate of drug-likeness (QED) is 0.728. The smallest absolute Gasteiger partial charge is 0.319 e. The van der Waals surface area contributed by atoms with Crippen molar-refractivity contribution in [3.05, 3.63) is 29.8 Å². The van der Waals surface area contributed by atoms with Crippen molar-refractivity contribution in [3.8, 4) is 0 Å². The topological polar surface area (TPSA) is 61.4 Å². The molecule has 0 heterocycles. The van der Waals surface area contributed by atoms with Crippen molar-refractivity contribution in [2.45, 2.75) is 12.7 Å². The molecule has 0 radical (unpaired) electrons. The number of nitrogens with one attached hydrogen (secondary N) is 2. The summed E-state index contributed by atoms with van der Waals surface area (Å²) < 4.78 is 0. The summed E-state index contributed by atoms with van der Waals surface area (Å²) in [6.45, 7) is 2.33. The van der Waals surface area contributed by atoms with Gasteiger partial charge >= 0.3 is 6.03 Å². The third-order valence-electron chi connectivity index (χ3n) is 2.06. The fourth-order valence-corrected chi connectivity index (χ4v) is 1.92. The number of amides is 2. The fraction of sp³-hybridized carbons (Fsp3) is 0.417. The van der Waals surface area contributed by atoms with Gasteiger partial charge < -0.3 is 15.7 Å². The summed E-state index contributed by atoms with van der Waals surface area (Å²) in [5.41, 5.74) is 1.96. The Morgan fingerprint density at radius 1 is 1.47 bits per heavy atom. The first-order chi connectivity index (χ1) is 8.26. The van der Waals surface area contributed by atoms with Gasteiger partial charge in [-0.1, -0.05) is 19.1 Å². The lowest BCUT2D eigenvalue weighted by Crippen LogP contribution is -2.30. The van der Waals surface area contributed by atoms with Gasteiger partial charge in [-0.25, -0.2) is 4.79 Å². The van der Waals surface area contributed by atoms with Crippen LogP contribution in [0.25, 0.3) is 0 Å². The Morgan fingerprint density at radius 3 is 3.00 bits per heavy atom. The maximum absolute atomic E-state index is 11.4. The highest BCUT2D eigenvalue weighted by atomic mass is 32.2. The molecule has 0 bridgehead atoms. The van der Waals surface area contributed by atoms with Crippen molar-refractivity contribution in [2.75, 3.05) is 24.2 Å². The van der Waals surface area contributed by atoms with E-state index in [0.717, 1.165) is 17.2 Å². The van der Waals surface area contributed by atoms with Crippen LogP contribution in [-0.2, 0) is 5.75 Å². The van der Waals surface area contributed by atoms with Crippen molar-refractivity contribution >= 4 is 23.5 Å². The van der Waals surface area contributed by atoms with E-state index in [4.69, 9.17) is 5.11 Å². The molecule has 0 saturated heterocycles. The standard InChI is InChI=1S/C12H18N2O2S/c1-2-17-9-10-4-3-5-11(8-10)14-12(16)13-6-7-15/h3-5,8,15H,2,6-7,9H2,1H3,(H2,13,14,16). The Morgan fingerprint density at radius 2 is 2.29 bits per heavy atom. The molecule has 0 aliphatic rings. The highest BCUT2D eigenvalue weighted by molar-refractivity contribution is 7.98. The minimum absolute atomic E-state index is 0.0550. The molecule has 2 amide bonds. The number of hydrogen-bond acceptors (Lipinski definition) is 3. The van der Waals surface area contributed by atoms with Crippen LogP contribution in [0.1, 0.15) is 12.5 Å². The Kier molecular flexibility index (Phi) is 6.50. The van der Waals surface area contributed by atoms with E-state index in [1.54, 1.807) is 0 Å². The molecule has 1 rings (SSSR count). The van der Waals surface area contributed by atoms with Crippen LogP contribution < -0.4 is 10.6 Å². The maximum Gasteiger partial charge on any atom is 0.319 e. The first-order valence-electron chi connectivity index (χ1n) is 5.58. The third kappa shape index (κ3) is 5.60. The zero-order chi connectivity index (χ0) is 12.5. The highest BCUT2D eigenvalue weighted by Crippen LogP contribution is 2.16. The molecule has 5 heteroatoms. The number of aliphatic hydroxyl groups excluding tert-OH is 1. The summed E-state index contributed by atoms with van der Waals surface area (Å²) in [6.07, 6.45) is 0. The number of hydrogen-bond donors (Lipinski definition) is 3. The van der Waals surface area contributed by atoms with E-state index in [1.807, 2.05) is 36.0 Å². The molecule has 4 nitrogen and oxygen atoms in total. The summed E-state index contributed by atoms with van der Waals surface area (Å²) in [4.78, 5) is 11.4. The SMILES string of the molecule is CCSCc1cccc(NC(=O)NCCO)c1. The van der Waals surface area contributed by atoms with E-state index in [0.29, 0.717) is 0 Å². The van der Waals surface area contributed by atoms with Crippen molar-refractivity contribution < 1.29 is 9.90 Å². The van der Waals surface area contributed by atoms with Crippen LogP contribution in [0.5, 0.6) is 0 Å². The van der Waals surface area contributed by atoms with Gasteiger partial charge in [0.1, 0.15) is 0 Å². The average Bonchev–Trinajstić information content (AvgIpc) is 2.34. The van der Waals surface area contributed by atoms with Crippen molar-refractivity contribution in [1.29, 1.82) is 0 Å². The second kappa shape index (κ2) is 7.97. The molecule has 94 valence electrons. The first-order valence-corrected chi connectivity index (χ1v) is 6.74. The zero-order valence-corrected chi connectivity index (χ0v) is 10.7. The number of benzene rings is 1. The molecule has 0 saturated carbocycles. The molecule has 0 fully saturated rings. The summed E-state index contributed by atoms with van der Waals surface area (Å²) in [7, 11) is 0. The lowest BCUT2D eigenvalue weighted by Gasteiger charge is -2.08. The Hall–Kier alpha value is -1.20. The van der Waals surface area contributed by atoms with Gasteiger partial charge in [0.05, 0.1) is 6.61 Å². The summed E-state index contributed by atoms with van der Waals surface area (Å²) in [5.74, 6) is 2.03. The number of carbonyl (C=O) groups is 1. The summed E-state index contributed by atoms with van der Waals surface area (Å²) >= 11 is 1.84. The molecular formula is C12H18N2O2S. The number of rotatable bonds is 6. The molecule has 0 unspecified atom stereocenters. The molecule has 3 N–H and O–H groups in total. The third-order valence-corrected chi connectivity index (χ3v) is 3.00. The fourth-order valence-electron chi connectivity index (χ4n) is 1.30. The van der Waals surface area contributed by atoms with Crippen LogP contribution in [0, 0.1) is 0 Å². The number of thioether (sulfide) groups is 1. The number of carbonyl (C=O) groups excluding carboxylic acids is 1. The molecule has 0 aromatic heterocycles. The monoisotopic (exact) mass is 254 g/mol. The minimum atomic E-state index is -0.292. The van der Waals surface area contributed by atoms with Gasteiger partial charge in [0.2, 0.25) is 0 Å². The molecule has 17 heavy (non-hydrogen) atoms. The number of anilines is 1. The Labute approximate surface area is 106 Å². The van der Waals surface area contributed by atoms with Gasteiger partial charge in [-0.3, -0.25) is 0 Å². The van der Waals surface area contributed by atoms with E-state index < -0.39 is 0 Å². The summed E-state index contributed by atoms with van der Waals surface area (Å²) in [6, 6.07) is 7.48. The van der Waals surface area contributed by atoms with Crippen molar-refractivity contribution in [3.63, 3.8) is 0 Å². The van der Waals surface area contributed by atoms with Gasteiger partial charge in [-0.05, 0) is 23.4 Å². The number of aliphatic hydroxyl groups is 1. The molecule has 0 atom stereocenters. The van der Waals surface area contributed by atoms with Gasteiger partial charge in [-0.2, -0.15) is 11.8 Å². The number of urea groups is 1. The average molecular weight is 254 g/mol. The van der Waals surface area contributed by atoms with Gasteiger partial charge in [0.25, 0.3) is 0 Å². The van der Waals surface area contributed by atoms with E-state index in [-0.39, 0.29) is 19.2 Å². The van der Waals surface area contributed by atoms with Crippen LogP contribution in [-0.4, -0.2) is 30.0 Å². The molecule has 0 aliphatic heterocycles. The molecule has 1 aromatic rings. The van der Waals surface area contributed by atoms with Gasteiger partial charge in [-0.15, -0.1) is 0 Å². The van der Waals surface area contributed by atoms with Crippen molar-refractivity contribution in [2.24, 2.45) is 0 Å². The van der Waals surface area contributed by atoms with Crippen molar-refractivity contribution in [1.82, 2.24) is 5.32 Å². The minimum Gasteiger partial charge on any atom is -0.395 e. The highest BCUT2D eigenvalue weighted by Gasteiger charge is 2.01. The predicted octanol–water partition coefficient (Wildman–Crippen LogP) is 2.05. The Balaban J connectivity index is 2.50. The molecule has 1 aromatic carbocycles. The second-order valence-corrected chi connectivity index (χ2v) is 4.72. The second-order valence-electron chi connectivity index (χ2n) is 3.44. The summed E-state index contributed by atoms with van der Waals surface area (Å²) in [5, 5.41) is 13.8. The van der Waals surface area contributed by atoms with E-state index >= 15 is 0 Å². The largest absolute Gasteiger partial charge is 0.395 e. The first kappa shape index (κ1) is 13.9. The van der Waals surface area contributed by atoms with Crippen LogP contribution in [0.2, 0.25) is 0 Å². The molecular weight excluding hydrogens is 236 g/mol. The Bertz CT molecular complexity index is 358. The van der Waals surface area contributed by atoms with E-state index in [2.05, 4.69) is 17.6 Å². The maximum atomic E-state index is 11.4. The predicted molar refractivity (Wildman–Crippen MR) is 72.4 cm³/mol. The van der Waals surface area contributed by atoms with Crippen LogP contribution in [0.4, 0.5) is 10.5 Å². The van der Waals surface area contributed by atoms with E-state index in [1.165, 1.54) is 5.56 Å². The van der Waals surface area contributed by atoms with E-state index in [9.17, 15) is 4.79 Å².